The van der Waals surface area contributed by atoms with Gasteiger partial charge in [0, 0.05) is 12.4 Å². The van der Waals surface area contributed by atoms with Crippen LogP contribution < -0.4 is 0 Å². The molecule has 4 nitrogen and oxygen atoms in total. The summed E-state index contributed by atoms with van der Waals surface area (Å²) in [6.07, 6.45) is 0.280. The zero-order valence-corrected chi connectivity index (χ0v) is 12.5. The maximum atomic E-state index is 12.0. The minimum absolute atomic E-state index is 0.0235. The lowest BCUT2D eigenvalue weighted by molar-refractivity contribution is -0.131. The number of rotatable bonds is 5. The van der Waals surface area contributed by atoms with Gasteiger partial charge in [-0.05, 0) is 18.4 Å². The van der Waals surface area contributed by atoms with Crippen LogP contribution in [0.25, 0.3) is 9.88 Å². The lowest BCUT2D eigenvalue weighted by Crippen LogP contribution is -2.38. The molecule has 2 heterocycles. The molecule has 0 aromatic carbocycles. The fourth-order valence-corrected chi connectivity index (χ4v) is 3.18. The van der Waals surface area contributed by atoms with Gasteiger partial charge in [-0.15, -0.1) is 22.7 Å². The van der Waals surface area contributed by atoms with E-state index in [0.29, 0.717) is 0 Å². The number of amides is 1. The summed E-state index contributed by atoms with van der Waals surface area (Å²) >= 11 is 3.20. The van der Waals surface area contributed by atoms with Gasteiger partial charge >= 0.3 is 0 Å². The van der Waals surface area contributed by atoms with E-state index in [2.05, 4.69) is 4.98 Å². The SMILES string of the molecule is CC(CO)N(C)C(=O)Cc1csc(-c2cccs2)n1. The standard InChI is InChI=1S/C13H16N2O2S2/c1-9(7-16)15(2)12(17)6-10-8-19-13(14-10)11-4-3-5-18-11/h3-5,8-9,16H,6-7H2,1-2H3. The second-order valence-corrected chi connectivity index (χ2v) is 6.14. The molecule has 0 radical (unpaired) electrons. The highest BCUT2D eigenvalue weighted by Crippen LogP contribution is 2.27. The number of aliphatic hydroxyl groups is 1. The first-order chi connectivity index (χ1) is 9.11. The van der Waals surface area contributed by atoms with Gasteiger partial charge in [0.1, 0.15) is 5.01 Å². The fraction of sp³-hybridized carbons (Fsp3) is 0.385. The van der Waals surface area contributed by atoms with Gasteiger partial charge in [0.25, 0.3) is 0 Å². The number of thiazole rings is 1. The average molecular weight is 296 g/mol. The van der Waals surface area contributed by atoms with Gasteiger partial charge in [-0.25, -0.2) is 4.98 Å². The number of nitrogens with zero attached hydrogens (tertiary/aromatic N) is 2. The van der Waals surface area contributed by atoms with Gasteiger partial charge in [-0.2, -0.15) is 0 Å². The molecule has 0 aliphatic carbocycles. The van der Waals surface area contributed by atoms with E-state index in [0.717, 1.165) is 15.6 Å². The number of carbonyl (C=O) groups is 1. The Kier molecular flexibility index (Phi) is 4.68. The van der Waals surface area contributed by atoms with Crippen molar-refractivity contribution < 1.29 is 9.90 Å². The van der Waals surface area contributed by atoms with Crippen molar-refractivity contribution in [1.82, 2.24) is 9.88 Å². The highest BCUT2D eigenvalue weighted by atomic mass is 32.1. The highest BCUT2D eigenvalue weighted by molar-refractivity contribution is 7.20. The van der Waals surface area contributed by atoms with Crippen LogP contribution in [0.15, 0.2) is 22.9 Å². The quantitative estimate of drug-likeness (QED) is 0.920. The molecule has 2 aromatic heterocycles. The van der Waals surface area contributed by atoms with Crippen LogP contribution in [0.1, 0.15) is 12.6 Å². The highest BCUT2D eigenvalue weighted by Gasteiger charge is 2.17. The Morgan fingerprint density at radius 3 is 2.95 bits per heavy atom. The summed E-state index contributed by atoms with van der Waals surface area (Å²) in [4.78, 5) is 19.2. The molecule has 0 aliphatic rings. The number of hydrogen-bond donors (Lipinski definition) is 1. The van der Waals surface area contributed by atoms with E-state index in [1.165, 1.54) is 0 Å². The Hall–Kier alpha value is -1.24. The van der Waals surface area contributed by atoms with Crippen LogP contribution in [0.4, 0.5) is 0 Å². The zero-order valence-electron chi connectivity index (χ0n) is 10.9. The van der Waals surface area contributed by atoms with Gasteiger partial charge < -0.3 is 10.0 Å². The number of carbonyl (C=O) groups excluding carboxylic acids is 1. The third kappa shape index (κ3) is 3.40. The molecule has 1 amide bonds. The Morgan fingerprint density at radius 2 is 2.32 bits per heavy atom. The van der Waals surface area contributed by atoms with Crippen LogP contribution in [0.2, 0.25) is 0 Å². The van der Waals surface area contributed by atoms with Gasteiger partial charge in [0.15, 0.2) is 0 Å². The Bertz CT molecular complexity index is 537. The Morgan fingerprint density at radius 1 is 1.53 bits per heavy atom. The Labute approximate surface area is 120 Å². The van der Waals surface area contributed by atoms with Crippen molar-refractivity contribution in [2.75, 3.05) is 13.7 Å². The first-order valence-electron chi connectivity index (χ1n) is 5.96. The van der Waals surface area contributed by atoms with Crippen LogP contribution in [-0.2, 0) is 11.2 Å². The third-order valence-corrected chi connectivity index (χ3v) is 4.87. The molecular formula is C13H16N2O2S2. The molecule has 0 aliphatic heterocycles. The normalized spacial score (nSPS) is 12.4. The van der Waals surface area contributed by atoms with Gasteiger partial charge in [0.2, 0.25) is 5.91 Å². The van der Waals surface area contributed by atoms with Crippen LogP contribution in [-0.4, -0.2) is 40.6 Å². The first-order valence-corrected chi connectivity index (χ1v) is 7.72. The molecule has 0 spiro atoms. The lowest BCUT2D eigenvalue weighted by atomic mass is 10.2. The summed E-state index contributed by atoms with van der Waals surface area (Å²) in [6, 6.07) is 3.85. The van der Waals surface area contributed by atoms with Crippen molar-refractivity contribution in [2.45, 2.75) is 19.4 Å². The molecule has 102 valence electrons. The van der Waals surface area contributed by atoms with E-state index in [1.54, 1.807) is 34.6 Å². The van der Waals surface area contributed by atoms with Gasteiger partial charge in [0.05, 0.1) is 29.6 Å². The van der Waals surface area contributed by atoms with Crippen molar-refractivity contribution in [3.8, 4) is 9.88 Å². The molecule has 19 heavy (non-hydrogen) atoms. The summed E-state index contributed by atoms with van der Waals surface area (Å²) in [5.41, 5.74) is 0.787. The molecule has 2 aromatic rings. The smallest absolute Gasteiger partial charge is 0.228 e. The monoisotopic (exact) mass is 296 g/mol. The fourth-order valence-electron chi connectivity index (χ4n) is 1.55. The van der Waals surface area contributed by atoms with Crippen LogP contribution in [0.3, 0.4) is 0 Å². The van der Waals surface area contributed by atoms with E-state index >= 15 is 0 Å². The summed E-state index contributed by atoms with van der Waals surface area (Å²) in [5, 5.41) is 13.9. The summed E-state index contributed by atoms with van der Waals surface area (Å²) in [5.74, 6) is -0.0235. The van der Waals surface area contributed by atoms with Crippen molar-refractivity contribution >= 4 is 28.6 Å². The summed E-state index contributed by atoms with van der Waals surface area (Å²) in [6.45, 7) is 1.79. The van der Waals surface area contributed by atoms with E-state index < -0.39 is 0 Å². The average Bonchev–Trinajstić information content (AvgIpc) is 3.06. The van der Waals surface area contributed by atoms with E-state index in [-0.39, 0.29) is 25.0 Å². The molecule has 0 fully saturated rings. The van der Waals surface area contributed by atoms with E-state index in [9.17, 15) is 4.79 Å². The minimum atomic E-state index is -0.164. The van der Waals surface area contributed by atoms with Crippen molar-refractivity contribution in [3.63, 3.8) is 0 Å². The maximum Gasteiger partial charge on any atom is 0.228 e. The van der Waals surface area contributed by atoms with Gasteiger partial charge in [-0.3, -0.25) is 4.79 Å². The maximum absolute atomic E-state index is 12.0. The second-order valence-electron chi connectivity index (χ2n) is 4.33. The predicted molar refractivity (Wildman–Crippen MR) is 78.4 cm³/mol. The van der Waals surface area contributed by atoms with Crippen LogP contribution in [0.5, 0.6) is 0 Å². The van der Waals surface area contributed by atoms with E-state index in [4.69, 9.17) is 5.11 Å². The molecule has 2 rings (SSSR count). The zero-order chi connectivity index (χ0) is 13.8. The minimum Gasteiger partial charge on any atom is -0.394 e. The molecule has 0 saturated carbocycles. The molecule has 1 N–H and O–H groups in total. The number of likely N-dealkylation sites (N-methyl/N-ethyl adjacent to an activating group) is 1. The molecule has 1 atom stereocenters. The van der Waals surface area contributed by atoms with Crippen LogP contribution in [0, 0.1) is 0 Å². The molecule has 6 heteroatoms. The van der Waals surface area contributed by atoms with Crippen molar-refractivity contribution in [2.24, 2.45) is 0 Å². The summed E-state index contributed by atoms with van der Waals surface area (Å²) in [7, 11) is 1.70. The number of thiophene rings is 1. The van der Waals surface area contributed by atoms with Crippen molar-refractivity contribution in [3.05, 3.63) is 28.6 Å². The third-order valence-electron chi connectivity index (χ3n) is 2.93. The second kappa shape index (κ2) is 6.27. The number of hydrogen-bond acceptors (Lipinski definition) is 5. The van der Waals surface area contributed by atoms with E-state index in [1.807, 2.05) is 29.8 Å². The molecular weight excluding hydrogens is 280 g/mol. The molecule has 0 saturated heterocycles. The number of aliphatic hydroxyl groups excluding tert-OH is 1. The van der Waals surface area contributed by atoms with Crippen molar-refractivity contribution in [1.29, 1.82) is 0 Å². The molecule has 0 bridgehead atoms. The van der Waals surface area contributed by atoms with Crippen LogP contribution >= 0.6 is 22.7 Å². The first kappa shape index (κ1) is 14.2. The summed E-state index contributed by atoms with van der Waals surface area (Å²) < 4.78 is 0. The number of aromatic nitrogens is 1. The molecule has 1 unspecified atom stereocenters. The predicted octanol–water partition coefficient (Wildman–Crippen LogP) is 2.25. The largest absolute Gasteiger partial charge is 0.394 e. The lowest BCUT2D eigenvalue weighted by Gasteiger charge is -2.22. The Balaban J connectivity index is 2.02. The topological polar surface area (TPSA) is 53.4 Å². The van der Waals surface area contributed by atoms with Gasteiger partial charge in [-0.1, -0.05) is 6.07 Å².